The van der Waals surface area contributed by atoms with Crippen LogP contribution < -0.4 is 11.1 Å². The highest BCUT2D eigenvalue weighted by molar-refractivity contribution is 7.04. The average molecular weight is 282 g/mol. The molecule has 2 heterocycles. The largest absolute Gasteiger partial charge is 0.382 e. The highest BCUT2D eigenvalue weighted by Gasteiger charge is 2.23. The molecule has 0 radical (unpaired) electrons. The minimum Gasteiger partial charge on any atom is -0.382 e. The first-order valence-corrected chi connectivity index (χ1v) is 7.60. The zero-order valence-electron chi connectivity index (χ0n) is 11.6. The van der Waals surface area contributed by atoms with Crippen molar-refractivity contribution in [3.8, 4) is 0 Å². The van der Waals surface area contributed by atoms with Gasteiger partial charge in [-0.15, -0.1) is 0 Å². The first-order valence-electron chi connectivity index (χ1n) is 6.76. The molecule has 1 amide bonds. The predicted octanol–water partition coefficient (Wildman–Crippen LogP) is 1.43. The smallest absolute Gasteiger partial charge is 0.255 e. The highest BCUT2D eigenvalue weighted by Crippen LogP contribution is 2.17. The quantitative estimate of drug-likeness (QED) is 0.857. The van der Waals surface area contributed by atoms with Gasteiger partial charge in [-0.25, -0.2) is 0 Å². The minimum atomic E-state index is -0.103. The van der Waals surface area contributed by atoms with E-state index in [0.29, 0.717) is 23.2 Å². The summed E-state index contributed by atoms with van der Waals surface area (Å²) in [4.78, 5) is 14.4. The Morgan fingerprint density at radius 2 is 2.47 bits per heavy atom. The molecule has 2 rings (SSSR count). The molecule has 0 bridgehead atoms. The molecule has 5 nitrogen and oxygen atoms in total. The molecule has 1 fully saturated rings. The van der Waals surface area contributed by atoms with Crippen LogP contribution in [0.1, 0.15) is 30.6 Å². The zero-order chi connectivity index (χ0) is 13.8. The van der Waals surface area contributed by atoms with E-state index in [2.05, 4.69) is 28.4 Å². The van der Waals surface area contributed by atoms with Crippen molar-refractivity contribution in [2.24, 2.45) is 11.8 Å². The third-order valence-electron chi connectivity index (χ3n) is 3.39. The Hall–Kier alpha value is -1.14. The fraction of sp³-hybridized carbons (Fsp3) is 0.692. The number of amides is 1. The van der Waals surface area contributed by atoms with Crippen LogP contribution in [0.2, 0.25) is 0 Å². The van der Waals surface area contributed by atoms with Gasteiger partial charge in [-0.1, -0.05) is 13.8 Å². The van der Waals surface area contributed by atoms with Gasteiger partial charge in [-0.3, -0.25) is 4.79 Å². The van der Waals surface area contributed by atoms with Gasteiger partial charge in [0, 0.05) is 25.0 Å². The standard InChI is InChI=1S/C13H22N4OS/c1-9(2)6-17-4-3-10(7-17)5-15-13(18)11-8-19-16-12(11)14/h8-10H,3-7H2,1-2H3,(H2,14,16)(H,15,18)/t10-/m1/s1. The summed E-state index contributed by atoms with van der Waals surface area (Å²) in [5.74, 6) is 1.48. The second kappa shape index (κ2) is 6.34. The van der Waals surface area contributed by atoms with E-state index in [0.717, 1.165) is 32.6 Å². The molecule has 1 aliphatic rings. The minimum absolute atomic E-state index is 0.103. The molecule has 106 valence electrons. The van der Waals surface area contributed by atoms with E-state index in [9.17, 15) is 4.79 Å². The van der Waals surface area contributed by atoms with Crippen LogP contribution in [0.15, 0.2) is 5.38 Å². The summed E-state index contributed by atoms with van der Waals surface area (Å²) in [5.41, 5.74) is 6.13. The maximum absolute atomic E-state index is 11.9. The molecule has 0 saturated carbocycles. The lowest BCUT2D eigenvalue weighted by Crippen LogP contribution is -2.32. The summed E-state index contributed by atoms with van der Waals surface area (Å²) in [6, 6.07) is 0. The topological polar surface area (TPSA) is 71.2 Å². The molecule has 3 N–H and O–H groups in total. The number of hydrogen-bond acceptors (Lipinski definition) is 5. The van der Waals surface area contributed by atoms with Crippen LogP contribution in [0.25, 0.3) is 0 Å². The number of carbonyl (C=O) groups is 1. The molecule has 0 aliphatic carbocycles. The van der Waals surface area contributed by atoms with Crippen LogP contribution in [0.3, 0.4) is 0 Å². The molecule has 1 aliphatic heterocycles. The lowest BCUT2D eigenvalue weighted by atomic mass is 10.1. The van der Waals surface area contributed by atoms with Gasteiger partial charge < -0.3 is 16.0 Å². The fourth-order valence-corrected chi connectivity index (χ4v) is 3.11. The van der Waals surface area contributed by atoms with E-state index in [1.54, 1.807) is 5.38 Å². The summed E-state index contributed by atoms with van der Waals surface area (Å²) >= 11 is 1.22. The monoisotopic (exact) mass is 282 g/mol. The van der Waals surface area contributed by atoms with Gasteiger partial charge in [0.15, 0.2) is 0 Å². The number of nitrogens with zero attached hydrogens (tertiary/aromatic N) is 2. The van der Waals surface area contributed by atoms with Crippen molar-refractivity contribution in [3.63, 3.8) is 0 Å². The summed E-state index contributed by atoms with van der Waals surface area (Å²) in [6.07, 6.45) is 1.16. The second-order valence-electron chi connectivity index (χ2n) is 5.63. The first-order chi connectivity index (χ1) is 9.06. The van der Waals surface area contributed by atoms with Crippen molar-refractivity contribution in [2.45, 2.75) is 20.3 Å². The molecule has 1 aromatic heterocycles. The zero-order valence-corrected chi connectivity index (χ0v) is 12.4. The van der Waals surface area contributed by atoms with E-state index in [4.69, 9.17) is 5.73 Å². The lowest BCUT2D eigenvalue weighted by Gasteiger charge is -2.18. The molecule has 1 saturated heterocycles. The van der Waals surface area contributed by atoms with E-state index in [-0.39, 0.29) is 5.91 Å². The number of hydrogen-bond donors (Lipinski definition) is 2. The van der Waals surface area contributed by atoms with E-state index in [1.165, 1.54) is 11.5 Å². The maximum Gasteiger partial charge on any atom is 0.255 e. The Balaban J connectivity index is 1.75. The van der Waals surface area contributed by atoms with Gasteiger partial charge in [0.1, 0.15) is 5.82 Å². The van der Waals surface area contributed by atoms with Gasteiger partial charge in [0.05, 0.1) is 5.56 Å². The Bertz CT molecular complexity index is 432. The highest BCUT2D eigenvalue weighted by atomic mass is 32.1. The van der Waals surface area contributed by atoms with Crippen molar-refractivity contribution in [2.75, 3.05) is 31.9 Å². The number of carbonyl (C=O) groups excluding carboxylic acids is 1. The van der Waals surface area contributed by atoms with Gasteiger partial charge in [0.2, 0.25) is 0 Å². The van der Waals surface area contributed by atoms with Crippen molar-refractivity contribution < 1.29 is 4.79 Å². The summed E-state index contributed by atoms with van der Waals surface area (Å²) in [6.45, 7) is 8.56. The summed E-state index contributed by atoms with van der Waals surface area (Å²) < 4.78 is 3.91. The number of nitrogen functional groups attached to an aromatic ring is 1. The Morgan fingerprint density at radius 3 is 3.11 bits per heavy atom. The molecule has 0 unspecified atom stereocenters. The number of anilines is 1. The van der Waals surface area contributed by atoms with Crippen molar-refractivity contribution in [3.05, 3.63) is 10.9 Å². The van der Waals surface area contributed by atoms with E-state index in [1.807, 2.05) is 0 Å². The number of likely N-dealkylation sites (tertiary alicyclic amines) is 1. The third kappa shape index (κ3) is 3.91. The molecule has 19 heavy (non-hydrogen) atoms. The number of nitrogens with one attached hydrogen (secondary N) is 1. The summed E-state index contributed by atoms with van der Waals surface area (Å²) in [7, 11) is 0. The normalized spacial score (nSPS) is 20.1. The van der Waals surface area contributed by atoms with E-state index < -0.39 is 0 Å². The second-order valence-corrected chi connectivity index (χ2v) is 6.26. The predicted molar refractivity (Wildman–Crippen MR) is 78.2 cm³/mol. The summed E-state index contributed by atoms with van der Waals surface area (Å²) in [5, 5.41) is 4.66. The Kier molecular flexibility index (Phi) is 4.76. The Labute approximate surface area is 118 Å². The Morgan fingerprint density at radius 1 is 1.68 bits per heavy atom. The molecule has 1 aromatic rings. The molecule has 0 aromatic carbocycles. The van der Waals surface area contributed by atoms with Crippen LogP contribution in [0.5, 0.6) is 0 Å². The fourth-order valence-electron chi connectivity index (χ4n) is 2.51. The SMILES string of the molecule is CC(C)CN1CC[C@H](CNC(=O)c2csnc2N)C1. The third-order valence-corrected chi connectivity index (χ3v) is 4.03. The van der Waals surface area contributed by atoms with Crippen molar-refractivity contribution in [1.82, 2.24) is 14.6 Å². The average Bonchev–Trinajstić information content (AvgIpc) is 2.94. The molecule has 6 heteroatoms. The molecular weight excluding hydrogens is 260 g/mol. The van der Waals surface area contributed by atoms with Crippen LogP contribution in [-0.4, -0.2) is 41.4 Å². The molecule has 0 spiro atoms. The van der Waals surface area contributed by atoms with Crippen LogP contribution in [-0.2, 0) is 0 Å². The van der Waals surface area contributed by atoms with E-state index >= 15 is 0 Å². The van der Waals surface area contributed by atoms with Crippen LogP contribution >= 0.6 is 11.5 Å². The molecule has 1 atom stereocenters. The molecular formula is C13H22N4OS. The van der Waals surface area contributed by atoms with Crippen molar-refractivity contribution in [1.29, 1.82) is 0 Å². The van der Waals surface area contributed by atoms with Crippen LogP contribution in [0, 0.1) is 11.8 Å². The van der Waals surface area contributed by atoms with Gasteiger partial charge in [-0.05, 0) is 36.3 Å². The number of rotatable bonds is 5. The van der Waals surface area contributed by atoms with Gasteiger partial charge in [0.25, 0.3) is 5.91 Å². The number of aromatic nitrogens is 1. The van der Waals surface area contributed by atoms with Gasteiger partial charge >= 0.3 is 0 Å². The van der Waals surface area contributed by atoms with Gasteiger partial charge in [-0.2, -0.15) is 4.37 Å². The maximum atomic E-state index is 11.9. The van der Waals surface area contributed by atoms with Crippen LogP contribution in [0.4, 0.5) is 5.82 Å². The van der Waals surface area contributed by atoms with Crippen molar-refractivity contribution >= 4 is 23.3 Å². The number of nitrogens with two attached hydrogens (primary N) is 1. The first kappa shape index (κ1) is 14.3. The lowest BCUT2D eigenvalue weighted by molar-refractivity contribution is 0.0948.